The molecule has 7 nitrogen and oxygen atoms in total. The van der Waals surface area contributed by atoms with E-state index in [2.05, 4.69) is 33.8 Å². The van der Waals surface area contributed by atoms with Crippen LogP contribution in [0, 0.1) is 0 Å². The summed E-state index contributed by atoms with van der Waals surface area (Å²) in [6, 6.07) is 6.21. The Morgan fingerprint density at radius 2 is 1.76 bits per heavy atom. The number of nitrogens with zero attached hydrogens (tertiary/aromatic N) is 5. The number of piperazine rings is 1. The summed E-state index contributed by atoms with van der Waals surface area (Å²) in [6.45, 7) is 13.1. The molecule has 0 spiro atoms. The minimum atomic E-state index is 0. The van der Waals surface area contributed by atoms with Gasteiger partial charge in [-0.2, -0.15) is 0 Å². The first-order chi connectivity index (χ1) is 15.2. The lowest BCUT2D eigenvalue weighted by atomic mass is 10.1. The summed E-state index contributed by atoms with van der Waals surface area (Å²) in [5.74, 6) is 2.50. The van der Waals surface area contributed by atoms with Crippen LogP contribution >= 0.6 is 24.8 Å². The normalized spacial score (nSPS) is 16.4. The maximum absolute atomic E-state index is 5.64. The van der Waals surface area contributed by atoms with Crippen molar-refractivity contribution in [2.75, 3.05) is 57.9 Å². The fraction of sp³-hybridized carbons (Fsp3) is 0.583. The van der Waals surface area contributed by atoms with E-state index in [9.17, 15) is 0 Å². The molecule has 33 heavy (non-hydrogen) atoms. The van der Waals surface area contributed by atoms with Crippen LogP contribution in [0.15, 0.2) is 24.4 Å². The lowest BCUT2D eigenvalue weighted by Crippen LogP contribution is -2.47. The maximum atomic E-state index is 5.64. The highest BCUT2D eigenvalue weighted by molar-refractivity contribution is 5.85. The predicted octanol–water partition coefficient (Wildman–Crippen LogP) is 3.82. The van der Waals surface area contributed by atoms with Gasteiger partial charge in [-0.25, -0.2) is 9.97 Å². The summed E-state index contributed by atoms with van der Waals surface area (Å²) < 4.78 is 11.1. The van der Waals surface area contributed by atoms with E-state index in [1.807, 2.05) is 19.2 Å². The number of ether oxygens (including phenoxy) is 2. The average Bonchev–Trinajstić information content (AvgIpc) is 2.80. The number of benzene rings is 1. The van der Waals surface area contributed by atoms with Crippen molar-refractivity contribution in [3.8, 4) is 11.5 Å². The smallest absolute Gasteiger partial charge is 0.225 e. The number of hydrogen-bond donors (Lipinski definition) is 0. The molecule has 3 heterocycles. The highest BCUT2D eigenvalue weighted by Gasteiger charge is 2.22. The van der Waals surface area contributed by atoms with Crippen LogP contribution in [0.5, 0.6) is 11.5 Å². The molecule has 0 saturated carbocycles. The van der Waals surface area contributed by atoms with Crippen molar-refractivity contribution in [3.63, 3.8) is 0 Å². The highest BCUT2D eigenvalue weighted by Crippen LogP contribution is 2.29. The molecule has 0 aliphatic carbocycles. The SMILES string of the molecule is CCCN1CCN(c2ncc3c(n2)CCN(Cc2ccc(OCC)c(OC)c2)C3)CC1.Cl.Cl. The van der Waals surface area contributed by atoms with Crippen molar-refractivity contribution < 1.29 is 9.47 Å². The second-order valence-electron chi connectivity index (χ2n) is 8.35. The molecule has 0 N–H and O–H groups in total. The molecule has 1 fully saturated rings. The van der Waals surface area contributed by atoms with Gasteiger partial charge in [0.2, 0.25) is 5.95 Å². The van der Waals surface area contributed by atoms with Crippen molar-refractivity contribution in [3.05, 3.63) is 41.2 Å². The van der Waals surface area contributed by atoms with Gasteiger partial charge in [0.15, 0.2) is 11.5 Å². The standard InChI is InChI=1S/C24H35N5O2.2ClH/c1-4-9-27-11-13-29(14-12-27)24-25-16-20-18-28(10-8-21(20)26-24)17-19-6-7-22(31-5-2)23(15-19)30-3;;/h6-7,15-16H,4-5,8-14,17-18H2,1-3H3;2*1H. The van der Waals surface area contributed by atoms with Crippen LogP contribution < -0.4 is 14.4 Å². The lowest BCUT2D eigenvalue weighted by Gasteiger charge is -2.35. The molecule has 1 aromatic carbocycles. The van der Waals surface area contributed by atoms with Crippen LogP contribution in [0.2, 0.25) is 0 Å². The van der Waals surface area contributed by atoms with Gasteiger partial charge in [-0.1, -0.05) is 13.0 Å². The number of methoxy groups -OCH3 is 1. The number of rotatable bonds is 8. The third kappa shape index (κ3) is 6.85. The van der Waals surface area contributed by atoms with Crippen LogP contribution in [0.3, 0.4) is 0 Å². The summed E-state index contributed by atoms with van der Waals surface area (Å²) in [7, 11) is 1.69. The van der Waals surface area contributed by atoms with Gasteiger partial charge in [-0.3, -0.25) is 9.80 Å². The van der Waals surface area contributed by atoms with Crippen LogP contribution in [0.4, 0.5) is 5.95 Å². The first kappa shape index (κ1) is 27.4. The van der Waals surface area contributed by atoms with Crippen molar-refractivity contribution in [2.24, 2.45) is 0 Å². The van der Waals surface area contributed by atoms with E-state index in [-0.39, 0.29) is 24.8 Å². The van der Waals surface area contributed by atoms with Crippen LogP contribution in [-0.2, 0) is 19.5 Å². The molecule has 0 amide bonds. The van der Waals surface area contributed by atoms with Gasteiger partial charge in [0, 0.05) is 64.0 Å². The quantitative estimate of drug-likeness (QED) is 0.549. The summed E-state index contributed by atoms with van der Waals surface area (Å²) in [5, 5.41) is 0. The molecule has 0 radical (unpaired) electrons. The Hall–Kier alpha value is -1.80. The molecule has 0 unspecified atom stereocenters. The lowest BCUT2D eigenvalue weighted by molar-refractivity contribution is 0.241. The van der Waals surface area contributed by atoms with Gasteiger partial charge in [0.05, 0.1) is 19.4 Å². The molecule has 2 aliphatic heterocycles. The van der Waals surface area contributed by atoms with Crippen molar-refractivity contribution >= 4 is 30.8 Å². The average molecular weight is 498 g/mol. The molecule has 1 aromatic heterocycles. The van der Waals surface area contributed by atoms with E-state index in [0.29, 0.717) is 6.61 Å². The molecule has 184 valence electrons. The fourth-order valence-corrected chi connectivity index (χ4v) is 4.48. The van der Waals surface area contributed by atoms with Gasteiger partial charge in [-0.15, -0.1) is 24.8 Å². The second kappa shape index (κ2) is 13.2. The minimum absolute atomic E-state index is 0. The molecular weight excluding hydrogens is 461 g/mol. The topological polar surface area (TPSA) is 54.0 Å². The Morgan fingerprint density at radius 3 is 2.45 bits per heavy atom. The molecular formula is C24H37Cl2N5O2. The van der Waals surface area contributed by atoms with E-state index in [4.69, 9.17) is 19.4 Å². The first-order valence-electron chi connectivity index (χ1n) is 11.5. The molecule has 4 rings (SSSR count). The van der Waals surface area contributed by atoms with Crippen LogP contribution in [0.1, 0.15) is 37.1 Å². The zero-order chi connectivity index (χ0) is 21.6. The van der Waals surface area contributed by atoms with E-state index in [1.165, 1.54) is 29.8 Å². The largest absolute Gasteiger partial charge is 0.493 e. The van der Waals surface area contributed by atoms with Gasteiger partial charge < -0.3 is 14.4 Å². The fourth-order valence-electron chi connectivity index (χ4n) is 4.48. The third-order valence-electron chi connectivity index (χ3n) is 6.13. The van der Waals surface area contributed by atoms with Gasteiger partial charge >= 0.3 is 0 Å². The minimum Gasteiger partial charge on any atom is -0.493 e. The van der Waals surface area contributed by atoms with Gasteiger partial charge in [0.1, 0.15) is 0 Å². The van der Waals surface area contributed by atoms with Gasteiger partial charge in [0.25, 0.3) is 0 Å². The second-order valence-corrected chi connectivity index (χ2v) is 8.35. The molecule has 1 saturated heterocycles. The van der Waals surface area contributed by atoms with Crippen molar-refractivity contribution in [1.82, 2.24) is 19.8 Å². The number of halogens is 2. The number of fused-ring (bicyclic) bond motifs is 1. The molecule has 9 heteroatoms. The summed E-state index contributed by atoms with van der Waals surface area (Å²) in [6.07, 6.45) is 4.23. The number of hydrogen-bond acceptors (Lipinski definition) is 7. The van der Waals surface area contributed by atoms with E-state index in [0.717, 1.165) is 69.7 Å². The van der Waals surface area contributed by atoms with Gasteiger partial charge in [-0.05, 0) is 37.6 Å². The number of anilines is 1. The van der Waals surface area contributed by atoms with E-state index >= 15 is 0 Å². The molecule has 0 atom stereocenters. The molecule has 2 aliphatic rings. The molecule has 2 aromatic rings. The Kier molecular flexibility index (Phi) is 11.0. The predicted molar refractivity (Wildman–Crippen MR) is 137 cm³/mol. The molecule has 0 bridgehead atoms. The van der Waals surface area contributed by atoms with E-state index < -0.39 is 0 Å². The Bertz CT molecular complexity index is 878. The Balaban J connectivity index is 0.00000193. The maximum Gasteiger partial charge on any atom is 0.225 e. The van der Waals surface area contributed by atoms with Crippen LogP contribution in [0.25, 0.3) is 0 Å². The van der Waals surface area contributed by atoms with Crippen molar-refractivity contribution in [2.45, 2.75) is 39.8 Å². The Labute approximate surface area is 210 Å². The zero-order valence-electron chi connectivity index (χ0n) is 20.0. The summed E-state index contributed by atoms with van der Waals surface area (Å²) in [5.41, 5.74) is 3.69. The van der Waals surface area contributed by atoms with Crippen LogP contribution in [-0.4, -0.2) is 72.8 Å². The zero-order valence-corrected chi connectivity index (χ0v) is 21.6. The number of aromatic nitrogens is 2. The summed E-state index contributed by atoms with van der Waals surface area (Å²) >= 11 is 0. The first-order valence-corrected chi connectivity index (χ1v) is 11.5. The Morgan fingerprint density at radius 1 is 0.970 bits per heavy atom. The van der Waals surface area contributed by atoms with Crippen molar-refractivity contribution in [1.29, 1.82) is 0 Å². The third-order valence-corrected chi connectivity index (χ3v) is 6.13. The van der Waals surface area contributed by atoms with E-state index in [1.54, 1.807) is 7.11 Å². The highest BCUT2D eigenvalue weighted by atomic mass is 35.5. The monoisotopic (exact) mass is 497 g/mol. The summed E-state index contributed by atoms with van der Waals surface area (Å²) in [4.78, 5) is 17.0.